The van der Waals surface area contributed by atoms with Crippen molar-refractivity contribution in [3.63, 3.8) is 0 Å². The zero-order valence-electron chi connectivity index (χ0n) is 16.3. The molecule has 2 atom stereocenters. The van der Waals surface area contributed by atoms with E-state index in [-0.39, 0.29) is 22.7 Å². The van der Waals surface area contributed by atoms with Crippen molar-refractivity contribution in [3.05, 3.63) is 71.3 Å². The number of hydrogen-bond donors (Lipinski definition) is 1. The summed E-state index contributed by atoms with van der Waals surface area (Å²) in [5.74, 6) is -0.392. The zero-order chi connectivity index (χ0) is 19.3. The van der Waals surface area contributed by atoms with E-state index in [0.717, 1.165) is 50.9 Å². The molecule has 0 bridgehead atoms. The summed E-state index contributed by atoms with van der Waals surface area (Å²) in [5, 5.41) is 2.28. The SMILES string of the molecule is CC[C@@]1(C)C[C@@](CC[NH2+]Cc2ccc(F)cc2)(c2ccc(F)cc2)CCO1. The number of quaternary nitrogens is 1. The predicted molar refractivity (Wildman–Crippen MR) is 103 cm³/mol. The monoisotopic (exact) mass is 374 g/mol. The minimum absolute atomic E-state index is 0.00993. The van der Waals surface area contributed by atoms with E-state index in [1.165, 1.54) is 17.7 Å². The van der Waals surface area contributed by atoms with E-state index in [1.807, 2.05) is 24.3 Å². The summed E-state index contributed by atoms with van der Waals surface area (Å²) in [6, 6.07) is 13.7. The van der Waals surface area contributed by atoms with Crippen molar-refractivity contribution < 1.29 is 18.8 Å². The van der Waals surface area contributed by atoms with E-state index >= 15 is 0 Å². The van der Waals surface area contributed by atoms with Gasteiger partial charge in [-0.05, 0) is 56.0 Å². The fraction of sp³-hybridized carbons (Fsp3) is 0.478. The van der Waals surface area contributed by atoms with E-state index in [2.05, 4.69) is 19.2 Å². The first-order valence-corrected chi connectivity index (χ1v) is 9.91. The van der Waals surface area contributed by atoms with Gasteiger partial charge >= 0.3 is 0 Å². The fourth-order valence-corrected chi connectivity index (χ4v) is 4.25. The Hall–Kier alpha value is -1.78. The highest BCUT2D eigenvalue weighted by Crippen LogP contribution is 2.44. The molecule has 0 saturated carbocycles. The quantitative estimate of drug-likeness (QED) is 0.717. The van der Waals surface area contributed by atoms with Crippen molar-refractivity contribution in [1.29, 1.82) is 0 Å². The Bertz CT molecular complexity index is 731. The first-order chi connectivity index (χ1) is 12.9. The van der Waals surface area contributed by atoms with Gasteiger partial charge in [-0.2, -0.15) is 0 Å². The molecule has 27 heavy (non-hydrogen) atoms. The normalized spacial score (nSPS) is 25.5. The number of rotatable bonds is 7. The van der Waals surface area contributed by atoms with Crippen molar-refractivity contribution in [2.45, 2.75) is 57.1 Å². The van der Waals surface area contributed by atoms with Crippen LogP contribution in [0.3, 0.4) is 0 Å². The number of benzene rings is 2. The highest BCUT2D eigenvalue weighted by molar-refractivity contribution is 5.27. The van der Waals surface area contributed by atoms with Gasteiger partial charge in [0.15, 0.2) is 0 Å². The molecule has 1 fully saturated rings. The number of ether oxygens (including phenoxy) is 1. The van der Waals surface area contributed by atoms with Gasteiger partial charge in [0.05, 0.1) is 12.1 Å². The standard InChI is InChI=1S/C23H29F2NO/c1-3-22(2)17-23(13-15-27-22,19-6-10-21(25)11-7-19)12-14-26-16-18-4-8-20(24)9-5-18/h4-11,26H,3,12-17H2,1-2H3/p+1/t22-,23-/m0/s1. The van der Waals surface area contributed by atoms with Crippen LogP contribution >= 0.6 is 0 Å². The van der Waals surface area contributed by atoms with Crippen LogP contribution < -0.4 is 5.32 Å². The van der Waals surface area contributed by atoms with Gasteiger partial charge in [0.2, 0.25) is 0 Å². The summed E-state index contributed by atoms with van der Waals surface area (Å²) in [4.78, 5) is 0. The van der Waals surface area contributed by atoms with Crippen LogP contribution in [0.4, 0.5) is 8.78 Å². The van der Waals surface area contributed by atoms with Crippen LogP contribution in [-0.2, 0) is 16.7 Å². The van der Waals surface area contributed by atoms with Gasteiger partial charge in [-0.1, -0.05) is 31.2 Å². The van der Waals surface area contributed by atoms with Crippen molar-refractivity contribution >= 4 is 0 Å². The molecule has 0 radical (unpaired) electrons. The Labute approximate surface area is 160 Å². The van der Waals surface area contributed by atoms with E-state index in [1.54, 1.807) is 12.1 Å². The second-order valence-electron chi connectivity index (χ2n) is 8.02. The first-order valence-electron chi connectivity index (χ1n) is 9.91. The molecule has 146 valence electrons. The molecule has 1 aliphatic heterocycles. The Morgan fingerprint density at radius 1 is 1.00 bits per heavy atom. The predicted octanol–water partition coefficient (Wildman–Crippen LogP) is 4.34. The maximum absolute atomic E-state index is 13.5. The molecule has 0 unspecified atom stereocenters. The molecule has 0 aromatic heterocycles. The van der Waals surface area contributed by atoms with Gasteiger partial charge in [-0.3, -0.25) is 0 Å². The van der Waals surface area contributed by atoms with E-state index < -0.39 is 0 Å². The molecular formula is C23H30F2NO+. The van der Waals surface area contributed by atoms with Crippen LogP contribution in [0.25, 0.3) is 0 Å². The third kappa shape index (κ3) is 4.94. The van der Waals surface area contributed by atoms with Gasteiger partial charge in [0.25, 0.3) is 0 Å². The largest absolute Gasteiger partial charge is 0.375 e. The van der Waals surface area contributed by atoms with Crippen molar-refractivity contribution in [2.75, 3.05) is 13.2 Å². The molecule has 0 spiro atoms. The highest BCUT2D eigenvalue weighted by atomic mass is 19.1. The van der Waals surface area contributed by atoms with Crippen molar-refractivity contribution in [3.8, 4) is 0 Å². The topological polar surface area (TPSA) is 25.8 Å². The summed E-state index contributed by atoms with van der Waals surface area (Å²) < 4.78 is 32.6. The van der Waals surface area contributed by atoms with Gasteiger partial charge in [0.1, 0.15) is 18.2 Å². The minimum atomic E-state index is -0.199. The fourth-order valence-electron chi connectivity index (χ4n) is 4.25. The molecule has 2 N–H and O–H groups in total. The number of hydrogen-bond acceptors (Lipinski definition) is 1. The Kier molecular flexibility index (Phi) is 6.28. The van der Waals surface area contributed by atoms with Gasteiger partial charge < -0.3 is 10.1 Å². The first kappa shape index (κ1) is 20.0. The van der Waals surface area contributed by atoms with E-state index in [9.17, 15) is 8.78 Å². The zero-order valence-corrected chi connectivity index (χ0v) is 16.3. The van der Waals surface area contributed by atoms with Crippen LogP contribution in [0, 0.1) is 11.6 Å². The Morgan fingerprint density at radius 2 is 1.63 bits per heavy atom. The Morgan fingerprint density at radius 3 is 2.26 bits per heavy atom. The van der Waals surface area contributed by atoms with Crippen molar-refractivity contribution in [1.82, 2.24) is 0 Å². The van der Waals surface area contributed by atoms with Crippen LogP contribution in [-0.4, -0.2) is 18.8 Å². The van der Waals surface area contributed by atoms with Crippen LogP contribution in [0.5, 0.6) is 0 Å². The van der Waals surface area contributed by atoms with Crippen LogP contribution in [0.1, 0.15) is 50.7 Å². The lowest BCUT2D eigenvalue weighted by atomic mass is 9.66. The molecular weight excluding hydrogens is 344 g/mol. The molecule has 0 aliphatic carbocycles. The summed E-state index contributed by atoms with van der Waals surface area (Å²) in [7, 11) is 0. The minimum Gasteiger partial charge on any atom is -0.375 e. The molecule has 1 saturated heterocycles. The lowest BCUT2D eigenvalue weighted by molar-refractivity contribution is -0.672. The van der Waals surface area contributed by atoms with E-state index in [0.29, 0.717) is 0 Å². The van der Waals surface area contributed by atoms with Crippen molar-refractivity contribution in [2.24, 2.45) is 0 Å². The van der Waals surface area contributed by atoms with E-state index in [4.69, 9.17) is 4.74 Å². The molecule has 1 aliphatic rings. The van der Waals surface area contributed by atoms with Crippen LogP contribution in [0.15, 0.2) is 48.5 Å². The molecule has 2 aromatic carbocycles. The molecule has 4 heteroatoms. The third-order valence-corrected chi connectivity index (χ3v) is 6.07. The Balaban J connectivity index is 1.70. The summed E-state index contributed by atoms with van der Waals surface area (Å²) in [5.41, 5.74) is 2.21. The van der Waals surface area contributed by atoms with Crippen LogP contribution in [0.2, 0.25) is 0 Å². The summed E-state index contributed by atoms with van der Waals surface area (Å²) in [6.07, 6.45) is 3.89. The molecule has 1 heterocycles. The molecule has 3 rings (SSSR count). The number of halogens is 2. The third-order valence-electron chi connectivity index (χ3n) is 6.07. The highest BCUT2D eigenvalue weighted by Gasteiger charge is 2.43. The maximum atomic E-state index is 13.5. The molecule has 2 aromatic rings. The lowest BCUT2D eigenvalue weighted by Gasteiger charge is -2.46. The van der Waals surface area contributed by atoms with Gasteiger partial charge in [-0.15, -0.1) is 0 Å². The average molecular weight is 374 g/mol. The average Bonchev–Trinajstić information content (AvgIpc) is 2.67. The molecule has 2 nitrogen and oxygen atoms in total. The second kappa shape index (κ2) is 8.49. The summed E-state index contributed by atoms with van der Waals surface area (Å²) >= 11 is 0. The lowest BCUT2D eigenvalue weighted by Crippen LogP contribution is -2.83. The summed E-state index contributed by atoms with van der Waals surface area (Å²) in [6.45, 7) is 6.89. The molecule has 0 amide bonds. The van der Waals surface area contributed by atoms with Gasteiger partial charge in [-0.25, -0.2) is 8.78 Å². The second-order valence-corrected chi connectivity index (χ2v) is 8.02. The van der Waals surface area contributed by atoms with Gasteiger partial charge in [0, 0.05) is 24.0 Å². The maximum Gasteiger partial charge on any atom is 0.123 e. The smallest absolute Gasteiger partial charge is 0.123 e. The number of nitrogens with two attached hydrogens (primary N) is 1.